The van der Waals surface area contributed by atoms with Crippen molar-refractivity contribution in [3.05, 3.63) is 72.8 Å². The average molecular weight is 477 g/mol. The quantitative estimate of drug-likeness (QED) is 0.354. The topological polar surface area (TPSA) is 115 Å². The van der Waals surface area contributed by atoms with Crippen LogP contribution in [0.3, 0.4) is 0 Å². The largest absolute Gasteiger partial charge is 0.466 e. The Balaban J connectivity index is 2.85. The fraction of sp³-hybridized carbons (Fsp3) is 0.261. The first-order valence-corrected chi connectivity index (χ1v) is 12.6. The first-order chi connectivity index (χ1) is 15.1. The molecule has 1 atom stereocenters. The summed E-state index contributed by atoms with van der Waals surface area (Å²) >= 11 is 0. The lowest BCUT2D eigenvalue weighted by atomic mass is 10.2. The Labute approximate surface area is 188 Å². The zero-order valence-corrected chi connectivity index (χ0v) is 19.3. The minimum atomic E-state index is -4.55. The summed E-state index contributed by atoms with van der Waals surface area (Å²) in [5.41, 5.74) is 0. The fourth-order valence-electron chi connectivity index (χ4n) is 2.99. The van der Waals surface area contributed by atoms with E-state index < -0.39 is 48.7 Å². The smallest absolute Gasteiger partial charge is 0.330 e. The number of carbonyl (C=O) groups is 1. The predicted molar refractivity (Wildman–Crippen MR) is 120 cm³/mol. The molecule has 0 fully saturated rings. The molecule has 1 N–H and O–H groups in total. The lowest BCUT2D eigenvalue weighted by Crippen LogP contribution is -2.46. The van der Waals surface area contributed by atoms with E-state index in [9.17, 15) is 26.7 Å². The molecule has 0 radical (unpaired) electrons. The molecule has 2 aromatic rings. The highest BCUT2D eigenvalue weighted by Gasteiger charge is 2.55. The molecule has 0 bridgehead atoms. The number of hydrogen-bond donors (Lipinski definition) is 1. The van der Waals surface area contributed by atoms with Crippen LogP contribution < -0.4 is 0 Å². The van der Waals surface area contributed by atoms with Crippen molar-refractivity contribution in [1.82, 2.24) is 0 Å². The van der Waals surface area contributed by atoms with E-state index >= 15 is 0 Å². The van der Waals surface area contributed by atoms with Crippen molar-refractivity contribution in [3.63, 3.8) is 0 Å². The van der Waals surface area contributed by atoms with Gasteiger partial charge in [-0.15, -0.1) is 0 Å². The Kier molecular flexibility index (Phi) is 8.38. The van der Waals surface area contributed by atoms with Gasteiger partial charge in [0, 0.05) is 18.9 Å². The van der Waals surface area contributed by atoms with Gasteiger partial charge in [0.15, 0.2) is 23.8 Å². The second-order valence-electron chi connectivity index (χ2n) is 6.85. The van der Waals surface area contributed by atoms with Crippen LogP contribution in [-0.4, -0.2) is 45.2 Å². The Morgan fingerprint density at radius 3 is 1.88 bits per heavy atom. The molecule has 0 aliphatic carbocycles. The lowest BCUT2D eigenvalue weighted by Gasteiger charge is -2.31. The van der Waals surface area contributed by atoms with Crippen molar-refractivity contribution in [2.45, 2.75) is 39.7 Å². The van der Waals surface area contributed by atoms with E-state index in [1.165, 1.54) is 55.5 Å². The third kappa shape index (κ3) is 5.27. The van der Waals surface area contributed by atoms with E-state index in [1.54, 1.807) is 12.1 Å². The van der Waals surface area contributed by atoms with E-state index in [4.69, 9.17) is 0 Å². The van der Waals surface area contributed by atoms with Gasteiger partial charge in [-0.25, -0.2) is 21.6 Å². The third-order valence-electron chi connectivity index (χ3n) is 4.64. The van der Waals surface area contributed by atoms with Gasteiger partial charge in [0.25, 0.3) is 0 Å². The summed E-state index contributed by atoms with van der Waals surface area (Å²) in [7, 11) is -7.94. The minimum absolute atomic E-state index is 0.204. The van der Waals surface area contributed by atoms with E-state index in [0.29, 0.717) is 0 Å². The van der Waals surface area contributed by atoms with Crippen molar-refractivity contribution in [3.8, 4) is 11.8 Å². The molecular weight excluding hydrogens is 452 g/mol. The zero-order valence-electron chi connectivity index (χ0n) is 17.6. The first-order valence-electron chi connectivity index (χ1n) is 9.59. The molecule has 0 spiro atoms. The summed E-state index contributed by atoms with van der Waals surface area (Å²) in [5.74, 6) is 4.18. The van der Waals surface area contributed by atoms with Gasteiger partial charge < -0.3 is 9.84 Å². The van der Waals surface area contributed by atoms with Gasteiger partial charge in [-0.3, -0.25) is 0 Å². The second kappa shape index (κ2) is 10.6. The molecule has 0 aromatic heterocycles. The van der Waals surface area contributed by atoms with Crippen LogP contribution in [-0.2, 0) is 29.2 Å². The number of esters is 1. The van der Waals surface area contributed by atoms with Crippen molar-refractivity contribution in [1.29, 1.82) is 0 Å². The molecule has 0 amide bonds. The SMILES string of the molecule is COC(=O)/C=C/CC(CC#CC(C)O)(S(=O)(=O)c1ccccc1)S(=O)(=O)c1ccccc1. The number of aliphatic hydroxyl groups excluding tert-OH is 1. The Hall–Kier alpha value is -2.93. The summed E-state index contributed by atoms with van der Waals surface area (Å²) in [5, 5.41) is 9.52. The van der Waals surface area contributed by atoms with Crippen molar-refractivity contribution in [2.75, 3.05) is 7.11 Å². The molecule has 2 aromatic carbocycles. The minimum Gasteiger partial charge on any atom is -0.466 e. The molecule has 1 unspecified atom stereocenters. The van der Waals surface area contributed by atoms with Crippen LogP contribution in [0.1, 0.15) is 19.8 Å². The number of methoxy groups -OCH3 is 1. The Morgan fingerprint density at radius 2 is 1.47 bits per heavy atom. The van der Waals surface area contributed by atoms with Crippen LogP contribution in [0.4, 0.5) is 0 Å². The number of ether oxygens (including phenoxy) is 1. The van der Waals surface area contributed by atoms with Crippen LogP contribution in [0.25, 0.3) is 0 Å². The van der Waals surface area contributed by atoms with E-state index in [-0.39, 0.29) is 9.79 Å². The highest BCUT2D eigenvalue weighted by molar-refractivity contribution is 8.10. The molecule has 2 rings (SSSR count). The molecule has 0 heterocycles. The molecule has 0 aliphatic heterocycles. The van der Waals surface area contributed by atoms with Gasteiger partial charge in [-0.05, 0) is 31.2 Å². The van der Waals surface area contributed by atoms with Crippen LogP contribution in [0.2, 0.25) is 0 Å². The van der Waals surface area contributed by atoms with Gasteiger partial charge in [-0.1, -0.05) is 54.3 Å². The molecular formula is C23H24O7S2. The summed E-state index contributed by atoms with van der Waals surface area (Å²) in [6.07, 6.45) is -0.158. The predicted octanol–water partition coefficient (Wildman–Crippen LogP) is 2.52. The molecule has 9 heteroatoms. The van der Waals surface area contributed by atoms with Gasteiger partial charge in [0.1, 0.15) is 6.10 Å². The second-order valence-corrected chi connectivity index (χ2v) is 11.6. The van der Waals surface area contributed by atoms with Gasteiger partial charge >= 0.3 is 5.97 Å². The number of carbonyl (C=O) groups excluding carboxylic acids is 1. The number of hydrogen-bond acceptors (Lipinski definition) is 7. The van der Waals surface area contributed by atoms with Crippen molar-refractivity contribution in [2.24, 2.45) is 0 Å². The zero-order chi connectivity index (χ0) is 23.8. The maximum absolute atomic E-state index is 13.8. The number of aliphatic hydroxyl groups is 1. The van der Waals surface area contributed by atoms with Crippen LogP contribution in [0.5, 0.6) is 0 Å². The Morgan fingerprint density at radius 1 is 1.00 bits per heavy atom. The third-order valence-corrected chi connectivity index (χ3v) is 10.3. The summed E-state index contributed by atoms with van der Waals surface area (Å²) in [4.78, 5) is 11.2. The number of rotatable bonds is 8. The van der Waals surface area contributed by atoms with Gasteiger partial charge in [0.05, 0.1) is 16.9 Å². The maximum atomic E-state index is 13.8. The van der Waals surface area contributed by atoms with E-state index in [0.717, 1.165) is 19.3 Å². The fourth-order valence-corrected chi connectivity index (χ4v) is 7.77. The normalized spacial score (nSPS) is 13.2. The lowest BCUT2D eigenvalue weighted by molar-refractivity contribution is -0.134. The van der Waals surface area contributed by atoms with Crippen LogP contribution in [0, 0.1) is 11.8 Å². The summed E-state index contributed by atoms with van der Waals surface area (Å²) < 4.78 is 57.4. The number of benzene rings is 2. The molecule has 170 valence electrons. The van der Waals surface area contributed by atoms with Gasteiger partial charge in [-0.2, -0.15) is 0 Å². The average Bonchev–Trinajstić information content (AvgIpc) is 2.78. The molecule has 7 nitrogen and oxygen atoms in total. The Bertz CT molecular complexity index is 1150. The van der Waals surface area contributed by atoms with Crippen LogP contribution >= 0.6 is 0 Å². The molecule has 0 aliphatic rings. The van der Waals surface area contributed by atoms with Crippen LogP contribution in [0.15, 0.2) is 82.6 Å². The summed E-state index contributed by atoms with van der Waals surface area (Å²) in [6.45, 7) is 1.38. The highest BCUT2D eigenvalue weighted by Crippen LogP contribution is 2.41. The van der Waals surface area contributed by atoms with Crippen molar-refractivity contribution < 1.29 is 31.5 Å². The molecule has 32 heavy (non-hydrogen) atoms. The van der Waals surface area contributed by atoms with E-state index in [2.05, 4.69) is 16.6 Å². The molecule has 0 saturated carbocycles. The monoisotopic (exact) mass is 476 g/mol. The highest BCUT2D eigenvalue weighted by atomic mass is 32.3. The first kappa shape index (κ1) is 25.3. The van der Waals surface area contributed by atoms with Gasteiger partial charge in [0.2, 0.25) is 0 Å². The molecule has 0 saturated heterocycles. The van der Waals surface area contributed by atoms with Crippen molar-refractivity contribution >= 4 is 25.6 Å². The standard InChI is InChI=1S/C23H24O7S2/c1-19(24)11-9-17-23(18-10-16-22(25)30-2,31(26,27)20-12-5-3-6-13-20)32(28,29)21-14-7-4-8-15-21/h3-8,10,12-16,19,24H,17-18H2,1-2H3/b16-10+. The summed E-state index contributed by atoms with van der Waals surface area (Å²) in [6, 6.07) is 14.4. The maximum Gasteiger partial charge on any atom is 0.330 e. The number of allylic oxidation sites excluding steroid dienone is 1. The number of sulfone groups is 2. The van der Waals surface area contributed by atoms with E-state index in [1.807, 2.05) is 0 Å².